The van der Waals surface area contributed by atoms with E-state index in [-0.39, 0.29) is 30.0 Å². The zero-order valence-electron chi connectivity index (χ0n) is 18.0. The van der Waals surface area contributed by atoms with Crippen LogP contribution in [0.15, 0.2) is 28.8 Å². The van der Waals surface area contributed by atoms with E-state index < -0.39 is 5.97 Å². The molecule has 1 N–H and O–H groups in total. The predicted molar refractivity (Wildman–Crippen MR) is 115 cm³/mol. The van der Waals surface area contributed by atoms with Gasteiger partial charge >= 0.3 is 5.97 Å². The molecule has 4 rings (SSSR count). The first kappa shape index (κ1) is 21.5. The highest BCUT2D eigenvalue weighted by atomic mass is 16.5. The summed E-state index contributed by atoms with van der Waals surface area (Å²) in [6, 6.07) is 8.11. The Morgan fingerprint density at radius 2 is 1.94 bits per heavy atom. The number of aromatic nitrogens is 2. The van der Waals surface area contributed by atoms with Crippen molar-refractivity contribution in [3.63, 3.8) is 0 Å². The fourth-order valence-corrected chi connectivity index (χ4v) is 4.95. The molecule has 1 fully saturated rings. The molecule has 2 aromatic rings. The van der Waals surface area contributed by atoms with Gasteiger partial charge in [0.15, 0.2) is 0 Å². The van der Waals surface area contributed by atoms with Crippen LogP contribution in [0.3, 0.4) is 0 Å². The summed E-state index contributed by atoms with van der Waals surface area (Å²) in [6.07, 6.45) is 9.99. The highest BCUT2D eigenvalue weighted by Crippen LogP contribution is 2.31. The molecular formula is C24H31N3O4. The number of carboxylic acids is 1. The maximum absolute atomic E-state index is 12.9. The lowest BCUT2D eigenvalue weighted by molar-refractivity contribution is -0.137. The van der Waals surface area contributed by atoms with Crippen molar-refractivity contribution in [1.29, 1.82) is 0 Å². The minimum absolute atomic E-state index is 0.0250. The molecular weight excluding hydrogens is 394 g/mol. The van der Waals surface area contributed by atoms with Crippen LogP contribution >= 0.6 is 0 Å². The number of hydrogen-bond acceptors (Lipinski definition) is 5. The molecule has 2 aliphatic rings. The SMILES string of the molecule is O=C(O)CC(CCCC1CCCCC1)c1nc(C(=O)N2CCc3ccccc3C2)no1. The smallest absolute Gasteiger partial charge is 0.304 e. The number of fused-ring (bicyclic) bond motifs is 1. The van der Waals surface area contributed by atoms with Gasteiger partial charge in [0.2, 0.25) is 5.89 Å². The Morgan fingerprint density at radius 3 is 2.71 bits per heavy atom. The van der Waals surface area contributed by atoms with Crippen LogP contribution in [0.4, 0.5) is 0 Å². The Bertz CT molecular complexity index is 904. The van der Waals surface area contributed by atoms with Gasteiger partial charge < -0.3 is 14.5 Å². The molecule has 1 aromatic heterocycles. The van der Waals surface area contributed by atoms with Gasteiger partial charge in [0.25, 0.3) is 11.7 Å². The lowest BCUT2D eigenvalue weighted by atomic mass is 9.84. The largest absolute Gasteiger partial charge is 0.481 e. The summed E-state index contributed by atoms with van der Waals surface area (Å²) in [5.41, 5.74) is 2.40. The van der Waals surface area contributed by atoms with Crippen LogP contribution in [-0.2, 0) is 17.8 Å². The van der Waals surface area contributed by atoms with Gasteiger partial charge in [0.05, 0.1) is 6.42 Å². The molecule has 166 valence electrons. The Morgan fingerprint density at radius 1 is 1.16 bits per heavy atom. The average molecular weight is 426 g/mol. The summed E-state index contributed by atoms with van der Waals surface area (Å²) >= 11 is 0. The number of carboxylic acid groups (broad SMARTS) is 1. The maximum Gasteiger partial charge on any atom is 0.304 e. The number of nitrogens with zero attached hydrogens (tertiary/aromatic N) is 3. The fraction of sp³-hybridized carbons (Fsp3) is 0.583. The van der Waals surface area contributed by atoms with E-state index in [9.17, 15) is 14.7 Å². The number of carbonyl (C=O) groups excluding carboxylic acids is 1. The minimum atomic E-state index is -0.888. The molecule has 0 spiro atoms. The van der Waals surface area contributed by atoms with E-state index in [0.717, 1.165) is 30.7 Å². The van der Waals surface area contributed by atoms with Crippen molar-refractivity contribution in [2.75, 3.05) is 6.54 Å². The molecule has 0 saturated heterocycles. The van der Waals surface area contributed by atoms with Crippen molar-refractivity contribution >= 4 is 11.9 Å². The molecule has 31 heavy (non-hydrogen) atoms. The van der Waals surface area contributed by atoms with Crippen LogP contribution in [0, 0.1) is 5.92 Å². The lowest BCUT2D eigenvalue weighted by Crippen LogP contribution is -2.36. The van der Waals surface area contributed by atoms with Crippen molar-refractivity contribution in [1.82, 2.24) is 15.0 Å². The van der Waals surface area contributed by atoms with E-state index in [2.05, 4.69) is 16.2 Å². The first-order valence-corrected chi connectivity index (χ1v) is 11.5. The number of carbonyl (C=O) groups is 2. The van der Waals surface area contributed by atoms with Crippen LogP contribution in [-0.4, -0.2) is 38.6 Å². The molecule has 1 saturated carbocycles. The third kappa shape index (κ3) is 5.51. The number of hydrogen-bond donors (Lipinski definition) is 1. The first-order chi connectivity index (χ1) is 15.1. The monoisotopic (exact) mass is 425 g/mol. The summed E-state index contributed by atoms with van der Waals surface area (Å²) in [5.74, 6) is -0.454. The van der Waals surface area contributed by atoms with Gasteiger partial charge in [0.1, 0.15) is 0 Å². The zero-order chi connectivity index (χ0) is 21.6. The highest BCUT2D eigenvalue weighted by molar-refractivity contribution is 5.90. The Kier molecular flexibility index (Phi) is 6.99. The van der Waals surface area contributed by atoms with Crippen LogP contribution in [0.5, 0.6) is 0 Å². The van der Waals surface area contributed by atoms with E-state index in [0.29, 0.717) is 19.5 Å². The second-order valence-corrected chi connectivity index (χ2v) is 8.93. The van der Waals surface area contributed by atoms with Crippen molar-refractivity contribution in [2.45, 2.75) is 76.7 Å². The molecule has 2 heterocycles. The van der Waals surface area contributed by atoms with Gasteiger partial charge in [-0.15, -0.1) is 0 Å². The summed E-state index contributed by atoms with van der Waals surface area (Å²) in [6.45, 7) is 1.14. The lowest BCUT2D eigenvalue weighted by Gasteiger charge is -2.27. The Balaban J connectivity index is 1.38. The standard InChI is InChI=1S/C24H31N3O4/c28-21(29)15-19(12-6-9-17-7-2-1-3-8-17)23-25-22(26-31-23)24(30)27-14-13-18-10-4-5-11-20(18)16-27/h4-5,10-11,17,19H,1-3,6-9,12-16H2,(H,28,29). The van der Waals surface area contributed by atoms with Gasteiger partial charge in [-0.05, 0) is 29.9 Å². The van der Waals surface area contributed by atoms with Gasteiger partial charge in [-0.2, -0.15) is 4.98 Å². The molecule has 1 aliphatic heterocycles. The summed E-state index contributed by atoms with van der Waals surface area (Å²) in [4.78, 5) is 30.4. The van der Waals surface area contributed by atoms with Gasteiger partial charge in [0, 0.05) is 19.0 Å². The second-order valence-electron chi connectivity index (χ2n) is 8.93. The fourth-order valence-electron chi connectivity index (χ4n) is 4.95. The average Bonchev–Trinajstić information content (AvgIpc) is 3.28. The highest BCUT2D eigenvalue weighted by Gasteiger charge is 2.28. The summed E-state index contributed by atoms with van der Waals surface area (Å²) in [5, 5.41) is 13.2. The van der Waals surface area contributed by atoms with Gasteiger partial charge in [-0.25, -0.2) is 0 Å². The van der Waals surface area contributed by atoms with E-state index in [4.69, 9.17) is 4.52 Å². The Hall–Kier alpha value is -2.70. The van der Waals surface area contributed by atoms with E-state index in [1.165, 1.54) is 37.7 Å². The second kappa shape index (κ2) is 10.1. The van der Waals surface area contributed by atoms with Crippen molar-refractivity contribution < 1.29 is 19.2 Å². The van der Waals surface area contributed by atoms with Crippen molar-refractivity contribution in [2.24, 2.45) is 5.92 Å². The van der Waals surface area contributed by atoms with Crippen LogP contribution < -0.4 is 0 Å². The number of amides is 1. The van der Waals surface area contributed by atoms with Gasteiger partial charge in [-0.1, -0.05) is 74.4 Å². The third-order valence-corrected chi connectivity index (χ3v) is 6.71. The van der Waals surface area contributed by atoms with E-state index >= 15 is 0 Å². The first-order valence-electron chi connectivity index (χ1n) is 11.5. The molecule has 1 atom stereocenters. The molecule has 0 bridgehead atoms. The third-order valence-electron chi connectivity index (χ3n) is 6.71. The predicted octanol–water partition coefficient (Wildman–Crippen LogP) is 4.58. The van der Waals surface area contributed by atoms with Crippen LogP contribution in [0.1, 0.15) is 91.3 Å². The van der Waals surface area contributed by atoms with E-state index in [1.54, 1.807) is 4.90 Å². The topological polar surface area (TPSA) is 96.5 Å². The van der Waals surface area contributed by atoms with Crippen LogP contribution in [0.25, 0.3) is 0 Å². The van der Waals surface area contributed by atoms with Crippen molar-refractivity contribution in [3.05, 3.63) is 47.1 Å². The maximum atomic E-state index is 12.9. The van der Waals surface area contributed by atoms with Crippen LogP contribution in [0.2, 0.25) is 0 Å². The quantitative estimate of drug-likeness (QED) is 0.665. The number of aliphatic carboxylic acids is 1. The summed E-state index contributed by atoms with van der Waals surface area (Å²) in [7, 11) is 0. The van der Waals surface area contributed by atoms with Crippen molar-refractivity contribution in [3.8, 4) is 0 Å². The molecule has 0 radical (unpaired) electrons. The molecule has 7 nitrogen and oxygen atoms in total. The molecule has 1 unspecified atom stereocenters. The number of rotatable bonds is 8. The minimum Gasteiger partial charge on any atom is -0.481 e. The zero-order valence-corrected chi connectivity index (χ0v) is 18.0. The number of benzene rings is 1. The Labute approximate surface area is 182 Å². The molecule has 1 amide bonds. The molecule has 7 heteroatoms. The molecule has 1 aromatic carbocycles. The van der Waals surface area contributed by atoms with Gasteiger partial charge in [-0.3, -0.25) is 9.59 Å². The molecule has 1 aliphatic carbocycles. The van der Waals surface area contributed by atoms with E-state index in [1.807, 2.05) is 18.2 Å². The summed E-state index contributed by atoms with van der Waals surface area (Å²) < 4.78 is 5.38. The normalized spacial score (nSPS) is 17.9.